The summed E-state index contributed by atoms with van der Waals surface area (Å²) in [6, 6.07) is 4.40. The number of nitrogen functional groups attached to an aromatic ring is 1. The van der Waals surface area contributed by atoms with Gasteiger partial charge in [-0.05, 0) is 38.8 Å². The molecule has 3 heterocycles. The Morgan fingerprint density at radius 3 is 2.59 bits per heavy atom. The number of amides is 2. The molecule has 2 atom stereocenters. The number of hydrogen-bond donors (Lipinski definition) is 4. The summed E-state index contributed by atoms with van der Waals surface area (Å²) in [5, 5.41) is 11.8. The van der Waals surface area contributed by atoms with Gasteiger partial charge in [-0.1, -0.05) is 0 Å². The molecule has 1 fully saturated rings. The highest BCUT2D eigenvalue weighted by Gasteiger charge is 2.25. The van der Waals surface area contributed by atoms with Crippen molar-refractivity contribution in [2.75, 3.05) is 36.9 Å². The topological polar surface area (TPSA) is 170 Å². The number of primary amides is 1. The molecule has 1 unspecified atom stereocenters. The van der Waals surface area contributed by atoms with Crippen molar-refractivity contribution in [1.82, 2.24) is 20.3 Å². The molecule has 6 N–H and O–H groups in total. The number of nitrogens with one attached hydrogen (secondary N) is 1. The Bertz CT molecular complexity index is 1030. The van der Waals surface area contributed by atoms with Gasteiger partial charge in [0, 0.05) is 36.8 Å². The highest BCUT2D eigenvalue weighted by Crippen LogP contribution is 2.30. The number of rotatable bonds is 9. The van der Waals surface area contributed by atoms with Gasteiger partial charge >= 0.3 is 6.01 Å². The SMILES string of the molecule is CC(F)COc1nc(C(=O)N[C@H](C)CO)cc(N2CCC(c3ccc(N)c(C(N)=O)n3)CC2)n1. The third-order valence-electron chi connectivity index (χ3n) is 5.44. The van der Waals surface area contributed by atoms with Crippen LogP contribution in [0.4, 0.5) is 15.9 Å². The largest absolute Gasteiger partial charge is 0.460 e. The number of ether oxygens (including phenoxy) is 1. The van der Waals surface area contributed by atoms with Gasteiger partial charge in [0.1, 0.15) is 24.3 Å². The lowest BCUT2D eigenvalue weighted by Crippen LogP contribution is -2.37. The molecule has 34 heavy (non-hydrogen) atoms. The van der Waals surface area contributed by atoms with Crippen LogP contribution in [0, 0.1) is 0 Å². The van der Waals surface area contributed by atoms with E-state index >= 15 is 0 Å². The highest BCUT2D eigenvalue weighted by atomic mass is 19.1. The van der Waals surface area contributed by atoms with Crippen LogP contribution in [-0.4, -0.2) is 70.4 Å². The summed E-state index contributed by atoms with van der Waals surface area (Å²) in [6.45, 7) is 3.71. The number of nitrogens with zero attached hydrogens (tertiary/aromatic N) is 4. The van der Waals surface area contributed by atoms with Crippen LogP contribution in [0.25, 0.3) is 0 Å². The van der Waals surface area contributed by atoms with E-state index in [1.54, 1.807) is 19.1 Å². The summed E-state index contributed by atoms with van der Waals surface area (Å²) >= 11 is 0. The number of halogens is 1. The number of anilines is 2. The fourth-order valence-corrected chi connectivity index (χ4v) is 3.60. The lowest BCUT2D eigenvalue weighted by atomic mass is 9.92. The zero-order valence-electron chi connectivity index (χ0n) is 19.2. The third kappa shape index (κ3) is 6.28. The van der Waals surface area contributed by atoms with Gasteiger partial charge in [-0.2, -0.15) is 9.97 Å². The van der Waals surface area contributed by atoms with E-state index in [1.165, 1.54) is 13.0 Å². The van der Waals surface area contributed by atoms with Gasteiger partial charge in [0.15, 0.2) is 5.69 Å². The minimum absolute atomic E-state index is 0.0558. The molecule has 0 spiro atoms. The number of alkyl halides is 1. The van der Waals surface area contributed by atoms with Crippen molar-refractivity contribution in [3.8, 4) is 6.01 Å². The van der Waals surface area contributed by atoms with Gasteiger partial charge in [-0.15, -0.1) is 0 Å². The predicted molar refractivity (Wildman–Crippen MR) is 123 cm³/mol. The summed E-state index contributed by atoms with van der Waals surface area (Å²) in [5.74, 6) is -0.606. The monoisotopic (exact) mass is 475 g/mol. The average Bonchev–Trinajstić information content (AvgIpc) is 2.82. The first-order chi connectivity index (χ1) is 16.2. The molecule has 2 aromatic heterocycles. The molecule has 1 saturated heterocycles. The Hall–Kier alpha value is -3.54. The number of aliphatic hydroxyl groups is 1. The molecule has 0 radical (unpaired) electrons. The van der Waals surface area contributed by atoms with Crippen LogP contribution in [0.1, 0.15) is 59.3 Å². The molecule has 0 saturated carbocycles. The van der Waals surface area contributed by atoms with E-state index in [9.17, 15) is 19.1 Å². The predicted octanol–water partition coefficient (Wildman–Crippen LogP) is 0.784. The summed E-state index contributed by atoms with van der Waals surface area (Å²) in [7, 11) is 0. The minimum atomic E-state index is -1.23. The fourth-order valence-electron chi connectivity index (χ4n) is 3.60. The zero-order chi connectivity index (χ0) is 24.8. The maximum atomic E-state index is 13.3. The lowest BCUT2D eigenvalue weighted by Gasteiger charge is -2.33. The third-order valence-corrected chi connectivity index (χ3v) is 5.44. The van der Waals surface area contributed by atoms with Crippen LogP contribution in [0.5, 0.6) is 6.01 Å². The molecule has 1 aliphatic heterocycles. The Morgan fingerprint density at radius 1 is 1.26 bits per heavy atom. The van der Waals surface area contributed by atoms with E-state index in [0.29, 0.717) is 31.7 Å². The molecular formula is C22H30FN7O4. The number of nitrogens with two attached hydrogens (primary N) is 2. The minimum Gasteiger partial charge on any atom is -0.460 e. The molecule has 2 aromatic rings. The second kappa shape index (κ2) is 11.1. The number of pyridine rings is 1. The Balaban J connectivity index is 1.78. The van der Waals surface area contributed by atoms with Gasteiger partial charge in [-0.25, -0.2) is 9.37 Å². The number of hydrogen-bond acceptors (Lipinski definition) is 9. The first-order valence-corrected chi connectivity index (χ1v) is 11.1. The standard InChI is InChI=1S/C22H30FN7O4/c1-12(23)11-34-22-28-17(21(33)26-13(2)10-31)9-18(29-22)30-7-5-14(6-8-30)16-4-3-15(24)19(27-16)20(25)32/h3-4,9,12-14,31H,5-8,10-11,24H2,1-2H3,(H2,25,32)(H,26,33)/t12?,13-/m1/s1. The van der Waals surface area contributed by atoms with E-state index in [0.717, 1.165) is 5.69 Å². The van der Waals surface area contributed by atoms with Crippen LogP contribution in [0.15, 0.2) is 18.2 Å². The molecule has 0 bridgehead atoms. The van der Waals surface area contributed by atoms with Gasteiger partial charge in [0.25, 0.3) is 11.8 Å². The maximum Gasteiger partial charge on any atom is 0.319 e. The van der Waals surface area contributed by atoms with Gasteiger partial charge in [0.2, 0.25) is 0 Å². The van der Waals surface area contributed by atoms with Crippen LogP contribution in [0.2, 0.25) is 0 Å². The quantitative estimate of drug-likeness (QED) is 0.409. The average molecular weight is 476 g/mol. The molecule has 12 heteroatoms. The smallest absolute Gasteiger partial charge is 0.319 e. The van der Waals surface area contributed by atoms with E-state index in [4.69, 9.17) is 16.2 Å². The molecule has 11 nitrogen and oxygen atoms in total. The Kier molecular flexibility index (Phi) is 8.16. The normalized spacial score (nSPS) is 16.1. The first kappa shape index (κ1) is 25.1. The number of aliphatic hydroxyl groups excluding tert-OH is 1. The molecular weight excluding hydrogens is 445 g/mol. The summed E-state index contributed by atoms with van der Waals surface area (Å²) in [6.07, 6.45) is 0.187. The second-order valence-corrected chi connectivity index (χ2v) is 8.34. The van der Waals surface area contributed by atoms with E-state index in [2.05, 4.69) is 20.3 Å². The maximum absolute atomic E-state index is 13.3. The van der Waals surface area contributed by atoms with Crippen molar-refractivity contribution in [3.63, 3.8) is 0 Å². The molecule has 3 rings (SSSR count). The van der Waals surface area contributed by atoms with Crippen LogP contribution in [0.3, 0.4) is 0 Å². The Morgan fingerprint density at radius 2 is 1.97 bits per heavy atom. The van der Waals surface area contributed by atoms with Crippen molar-refractivity contribution in [3.05, 3.63) is 35.3 Å². The number of aromatic nitrogens is 3. The Labute approximate surface area is 196 Å². The molecule has 0 aromatic carbocycles. The highest BCUT2D eigenvalue weighted by molar-refractivity contribution is 5.95. The number of piperidine rings is 1. The van der Waals surface area contributed by atoms with Gasteiger partial charge < -0.3 is 31.5 Å². The summed E-state index contributed by atoms with van der Waals surface area (Å²) in [4.78, 5) is 38.9. The zero-order valence-corrected chi connectivity index (χ0v) is 19.2. The second-order valence-electron chi connectivity index (χ2n) is 8.34. The van der Waals surface area contributed by atoms with Crippen LogP contribution < -0.4 is 26.4 Å². The van der Waals surface area contributed by atoms with Crippen molar-refractivity contribution >= 4 is 23.3 Å². The van der Waals surface area contributed by atoms with Crippen molar-refractivity contribution in [2.45, 2.75) is 44.8 Å². The van der Waals surface area contributed by atoms with E-state index in [1.807, 2.05) is 4.90 Å². The van der Waals surface area contributed by atoms with Gasteiger partial charge in [-0.3, -0.25) is 9.59 Å². The van der Waals surface area contributed by atoms with Crippen molar-refractivity contribution in [2.24, 2.45) is 5.73 Å². The molecule has 0 aliphatic carbocycles. The van der Waals surface area contributed by atoms with E-state index < -0.39 is 24.0 Å². The van der Waals surface area contributed by atoms with E-state index in [-0.39, 0.29) is 42.2 Å². The summed E-state index contributed by atoms with van der Waals surface area (Å²) in [5.41, 5.74) is 12.2. The van der Waals surface area contributed by atoms with Crippen molar-refractivity contribution in [1.29, 1.82) is 0 Å². The lowest BCUT2D eigenvalue weighted by molar-refractivity contribution is 0.0914. The summed E-state index contributed by atoms with van der Waals surface area (Å²) < 4.78 is 18.6. The van der Waals surface area contributed by atoms with Crippen molar-refractivity contribution < 1.29 is 23.8 Å². The number of carbonyl (C=O) groups is 2. The van der Waals surface area contributed by atoms with Crippen LogP contribution >= 0.6 is 0 Å². The fraction of sp³-hybridized carbons (Fsp3) is 0.500. The van der Waals surface area contributed by atoms with Crippen LogP contribution in [-0.2, 0) is 0 Å². The molecule has 184 valence electrons. The molecule has 2 amide bonds. The molecule has 1 aliphatic rings. The van der Waals surface area contributed by atoms with Gasteiger partial charge in [0.05, 0.1) is 12.3 Å². The number of carbonyl (C=O) groups excluding carboxylic acids is 2. The first-order valence-electron chi connectivity index (χ1n) is 11.1.